The number of hydrogen-bond donors (Lipinski definition) is 1. The maximum atomic E-state index is 12.3. The van der Waals surface area contributed by atoms with E-state index in [1.165, 1.54) is 0 Å². The van der Waals surface area contributed by atoms with Crippen LogP contribution >= 0.6 is 22.6 Å². The number of nitrogens with two attached hydrogens (primary N) is 1. The summed E-state index contributed by atoms with van der Waals surface area (Å²) in [6.45, 7) is 5.43. The lowest BCUT2D eigenvalue weighted by molar-refractivity contribution is -0.136. The van der Waals surface area contributed by atoms with Crippen molar-refractivity contribution in [1.82, 2.24) is 4.90 Å². The van der Waals surface area contributed by atoms with Crippen LogP contribution in [0.4, 0.5) is 11.4 Å². The van der Waals surface area contributed by atoms with E-state index in [-0.39, 0.29) is 5.91 Å². The van der Waals surface area contributed by atoms with E-state index in [0.717, 1.165) is 28.0 Å². The van der Waals surface area contributed by atoms with Gasteiger partial charge in [0.25, 0.3) is 0 Å². The van der Waals surface area contributed by atoms with Gasteiger partial charge in [0.15, 0.2) is 0 Å². The Balaban J connectivity index is 2.41. The van der Waals surface area contributed by atoms with E-state index >= 15 is 0 Å². The second kappa shape index (κ2) is 4.60. The number of carbonyl (C=O) groups excluding carboxylic acids is 1. The van der Waals surface area contributed by atoms with E-state index in [1.54, 1.807) is 4.90 Å². The number of carbonyl (C=O) groups is 1. The largest absolute Gasteiger partial charge is 0.397 e. The smallest absolute Gasteiger partial charge is 0.247 e. The van der Waals surface area contributed by atoms with Crippen LogP contribution in [0.25, 0.3) is 0 Å². The third kappa shape index (κ3) is 2.15. The van der Waals surface area contributed by atoms with Gasteiger partial charge in [0.1, 0.15) is 5.54 Å². The van der Waals surface area contributed by atoms with E-state index in [1.807, 2.05) is 39.1 Å². The van der Waals surface area contributed by atoms with E-state index in [2.05, 4.69) is 27.5 Å². The van der Waals surface area contributed by atoms with Crippen molar-refractivity contribution in [2.75, 3.05) is 30.8 Å². The van der Waals surface area contributed by atoms with E-state index in [9.17, 15) is 4.79 Å². The van der Waals surface area contributed by atoms with E-state index in [0.29, 0.717) is 0 Å². The molecule has 1 aliphatic heterocycles. The third-order valence-electron chi connectivity index (χ3n) is 3.48. The lowest BCUT2D eigenvalue weighted by Gasteiger charge is -2.46. The van der Waals surface area contributed by atoms with Gasteiger partial charge in [-0.05, 0) is 54.6 Å². The average Bonchev–Trinajstić information content (AvgIpc) is 2.28. The highest BCUT2D eigenvalue weighted by Gasteiger charge is 2.41. The average molecular weight is 359 g/mol. The Morgan fingerprint density at radius 1 is 1.33 bits per heavy atom. The Labute approximate surface area is 121 Å². The number of likely N-dealkylation sites (N-methyl/N-ethyl adjacent to an activating group) is 1. The lowest BCUT2D eigenvalue weighted by Crippen LogP contribution is -2.62. The van der Waals surface area contributed by atoms with Crippen LogP contribution in [0.5, 0.6) is 0 Å². The molecule has 0 saturated carbocycles. The number of halogens is 1. The molecular weight excluding hydrogens is 341 g/mol. The molecule has 5 heteroatoms. The number of benzene rings is 1. The summed E-state index contributed by atoms with van der Waals surface area (Å²) in [5.74, 6) is 0.131. The third-order valence-corrected chi connectivity index (χ3v) is 4.16. The first-order chi connectivity index (χ1) is 8.34. The van der Waals surface area contributed by atoms with Crippen LogP contribution in [0.1, 0.15) is 13.8 Å². The van der Waals surface area contributed by atoms with Gasteiger partial charge in [0.2, 0.25) is 5.91 Å². The van der Waals surface area contributed by atoms with Crippen molar-refractivity contribution in [3.63, 3.8) is 0 Å². The van der Waals surface area contributed by atoms with Crippen LogP contribution < -0.4 is 10.6 Å². The summed E-state index contributed by atoms with van der Waals surface area (Å²) in [5.41, 5.74) is 7.21. The molecule has 0 spiro atoms. The van der Waals surface area contributed by atoms with Gasteiger partial charge in [-0.15, -0.1) is 0 Å². The van der Waals surface area contributed by atoms with Crippen LogP contribution in [-0.4, -0.2) is 36.5 Å². The fourth-order valence-corrected chi connectivity index (χ4v) is 2.92. The lowest BCUT2D eigenvalue weighted by atomic mass is 9.96. The van der Waals surface area contributed by atoms with Crippen molar-refractivity contribution >= 4 is 39.9 Å². The summed E-state index contributed by atoms with van der Waals surface area (Å²) < 4.78 is 1.10. The van der Waals surface area contributed by atoms with Crippen LogP contribution in [0.3, 0.4) is 0 Å². The maximum Gasteiger partial charge on any atom is 0.247 e. The van der Waals surface area contributed by atoms with Crippen molar-refractivity contribution in [2.45, 2.75) is 19.4 Å². The Kier molecular flexibility index (Phi) is 3.44. The minimum absolute atomic E-state index is 0.131. The van der Waals surface area contributed by atoms with Crippen molar-refractivity contribution in [1.29, 1.82) is 0 Å². The molecule has 0 aliphatic carbocycles. The summed E-state index contributed by atoms with van der Waals surface area (Å²) in [4.78, 5) is 16.1. The highest BCUT2D eigenvalue weighted by atomic mass is 127. The zero-order valence-electron chi connectivity index (χ0n) is 10.9. The van der Waals surface area contributed by atoms with Crippen molar-refractivity contribution in [2.24, 2.45) is 0 Å². The van der Waals surface area contributed by atoms with Gasteiger partial charge in [0, 0.05) is 23.7 Å². The Morgan fingerprint density at radius 2 is 2.00 bits per heavy atom. The summed E-state index contributed by atoms with van der Waals surface area (Å²) in [6.07, 6.45) is 0. The van der Waals surface area contributed by atoms with E-state index in [4.69, 9.17) is 5.73 Å². The van der Waals surface area contributed by atoms with Gasteiger partial charge in [-0.25, -0.2) is 0 Å². The zero-order valence-corrected chi connectivity index (χ0v) is 13.1. The van der Waals surface area contributed by atoms with Gasteiger partial charge in [-0.3, -0.25) is 4.79 Å². The van der Waals surface area contributed by atoms with Crippen LogP contribution in [-0.2, 0) is 4.79 Å². The maximum absolute atomic E-state index is 12.3. The first kappa shape index (κ1) is 13.5. The normalized spacial score (nSPS) is 19.2. The van der Waals surface area contributed by atoms with Crippen molar-refractivity contribution in [3.05, 3.63) is 21.8 Å². The molecule has 0 bridgehead atoms. The fourth-order valence-electron chi connectivity index (χ4n) is 2.41. The van der Waals surface area contributed by atoms with Gasteiger partial charge in [0.05, 0.1) is 11.4 Å². The summed E-state index contributed by atoms with van der Waals surface area (Å²) in [6, 6.07) is 5.96. The SMILES string of the molecule is CN1CCN(c2ccc(I)cc2N)C(C)(C)C1=O. The molecule has 2 N–H and O–H groups in total. The molecule has 98 valence electrons. The predicted octanol–water partition coefficient (Wildman–Crippen LogP) is 1.93. The summed E-state index contributed by atoms with van der Waals surface area (Å²) in [5, 5.41) is 0. The molecule has 1 saturated heterocycles. The standard InChI is InChI=1S/C13H18IN3O/c1-13(2)12(18)16(3)6-7-17(13)11-5-4-9(14)8-10(11)15/h4-5,8H,6-7,15H2,1-3H3. The van der Waals surface area contributed by atoms with Gasteiger partial charge in [-0.2, -0.15) is 0 Å². The second-order valence-electron chi connectivity index (χ2n) is 5.14. The highest BCUT2D eigenvalue weighted by molar-refractivity contribution is 14.1. The highest BCUT2D eigenvalue weighted by Crippen LogP contribution is 2.33. The number of piperazine rings is 1. The van der Waals surface area contributed by atoms with Crippen molar-refractivity contribution in [3.8, 4) is 0 Å². The molecule has 1 aliphatic rings. The molecule has 0 atom stereocenters. The number of nitrogen functional groups attached to an aromatic ring is 1. The number of anilines is 2. The molecule has 18 heavy (non-hydrogen) atoms. The summed E-state index contributed by atoms with van der Waals surface area (Å²) >= 11 is 2.24. The minimum atomic E-state index is -0.548. The molecule has 1 aromatic rings. The molecule has 0 radical (unpaired) electrons. The fraction of sp³-hybridized carbons (Fsp3) is 0.462. The molecular formula is C13H18IN3O. The Morgan fingerprint density at radius 3 is 2.61 bits per heavy atom. The Hall–Kier alpha value is -0.980. The van der Waals surface area contributed by atoms with Gasteiger partial charge < -0.3 is 15.5 Å². The minimum Gasteiger partial charge on any atom is -0.397 e. The van der Waals surface area contributed by atoms with Crippen molar-refractivity contribution < 1.29 is 4.79 Å². The number of amides is 1. The number of rotatable bonds is 1. The predicted molar refractivity (Wildman–Crippen MR) is 82.6 cm³/mol. The molecule has 1 fully saturated rings. The topological polar surface area (TPSA) is 49.6 Å². The first-order valence-corrected chi connectivity index (χ1v) is 7.00. The zero-order chi connectivity index (χ0) is 13.5. The molecule has 1 amide bonds. The number of nitrogens with zero attached hydrogens (tertiary/aromatic N) is 2. The molecule has 1 aromatic carbocycles. The van der Waals surface area contributed by atoms with Crippen LogP contribution in [0.2, 0.25) is 0 Å². The van der Waals surface area contributed by atoms with Crippen LogP contribution in [0, 0.1) is 3.57 Å². The van der Waals surface area contributed by atoms with E-state index < -0.39 is 5.54 Å². The first-order valence-electron chi connectivity index (χ1n) is 5.92. The number of hydrogen-bond acceptors (Lipinski definition) is 3. The molecule has 2 rings (SSSR count). The van der Waals surface area contributed by atoms with Crippen LogP contribution in [0.15, 0.2) is 18.2 Å². The monoisotopic (exact) mass is 359 g/mol. The second-order valence-corrected chi connectivity index (χ2v) is 6.39. The molecule has 4 nitrogen and oxygen atoms in total. The summed E-state index contributed by atoms with van der Waals surface area (Å²) in [7, 11) is 1.85. The van der Waals surface area contributed by atoms with Gasteiger partial charge in [-0.1, -0.05) is 0 Å². The molecule has 0 unspecified atom stereocenters. The van der Waals surface area contributed by atoms with Gasteiger partial charge >= 0.3 is 0 Å². The Bertz CT molecular complexity index is 487. The molecule has 0 aromatic heterocycles. The molecule has 1 heterocycles. The quantitative estimate of drug-likeness (QED) is 0.616.